The number of ether oxygens (including phenoxy) is 1. The first-order valence-corrected chi connectivity index (χ1v) is 20.3. The number of rotatable bonds is 14. The minimum Gasteiger partial charge on any atom is -0.453 e. The number of nitrogens with one attached hydrogen (secondary N) is 3. The van der Waals surface area contributed by atoms with E-state index < -0.39 is 18.2 Å². The number of fused-ring (bicyclic) bond motifs is 2. The van der Waals surface area contributed by atoms with Gasteiger partial charge in [0.2, 0.25) is 18.2 Å². The SMILES string of the molecule is COO/C=N\C(C(=O)N1CCC[C@H]1c1nc2cc(-c3ccc(CCc4ccc5[nH]c([C@@H]6CCCN6C(=O)[C@@H](NC(=O)OC)C(C)C)nc5c4)cc3)ccc2[nH]1)C(C)C. The number of hydrogen-bond acceptors (Lipinski definition) is 9. The molecule has 5 aromatic rings. The van der Waals surface area contributed by atoms with Gasteiger partial charge in [0, 0.05) is 13.1 Å². The van der Waals surface area contributed by atoms with Gasteiger partial charge >= 0.3 is 6.09 Å². The van der Waals surface area contributed by atoms with E-state index in [-0.39, 0.29) is 35.7 Å². The monoisotopic (exact) mass is 790 g/mol. The highest BCUT2D eigenvalue weighted by Crippen LogP contribution is 2.35. The molecule has 2 fully saturated rings. The molecular weight excluding hydrogens is 737 g/mol. The third kappa shape index (κ3) is 8.71. The molecule has 7 rings (SSSR count). The number of amides is 3. The average Bonchev–Trinajstić information content (AvgIpc) is 4.05. The second-order valence-electron chi connectivity index (χ2n) is 16.0. The Hall–Kier alpha value is -5.76. The van der Waals surface area contributed by atoms with Gasteiger partial charge in [-0.25, -0.2) is 19.8 Å². The van der Waals surface area contributed by atoms with Gasteiger partial charge in [-0.15, -0.1) is 0 Å². The van der Waals surface area contributed by atoms with Crippen LogP contribution in [0.25, 0.3) is 33.2 Å². The molecule has 0 radical (unpaired) electrons. The van der Waals surface area contributed by atoms with Crippen LogP contribution in [0.3, 0.4) is 0 Å². The maximum atomic E-state index is 13.6. The number of aromatic amines is 2. The van der Waals surface area contributed by atoms with E-state index in [0.717, 1.165) is 83.4 Å². The molecule has 0 spiro atoms. The molecule has 14 heteroatoms. The third-order valence-electron chi connectivity index (χ3n) is 11.4. The van der Waals surface area contributed by atoms with E-state index in [4.69, 9.17) is 19.6 Å². The summed E-state index contributed by atoms with van der Waals surface area (Å²) >= 11 is 0. The summed E-state index contributed by atoms with van der Waals surface area (Å²) in [5.74, 6) is 1.29. The Morgan fingerprint density at radius 3 is 1.95 bits per heavy atom. The summed E-state index contributed by atoms with van der Waals surface area (Å²) in [4.78, 5) is 73.5. The molecule has 4 atom stereocenters. The summed E-state index contributed by atoms with van der Waals surface area (Å²) in [5.41, 5.74) is 8.21. The van der Waals surface area contributed by atoms with Crippen LogP contribution in [-0.2, 0) is 36.9 Å². The summed E-state index contributed by atoms with van der Waals surface area (Å²) in [7, 11) is 2.70. The number of aliphatic imine (C=N–C) groups is 1. The van der Waals surface area contributed by atoms with E-state index in [9.17, 15) is 14.4 Å². The van der Waals surface area contributed by atoms with E-state index in [1.165, 1.54) is 31.7 Å². The maximum absolute atomic E-state index is 13.6. The Labute approximate surface area is 338 Å². The van der Waals surface area contributed by atoms with Crippen LogP contribution < -0.4 is 5.32 Å². The van der Waals surface area contributed by atoms with Crippen LogP contribution in [0.2, 0.25) is 0 Å². The smallest absolute Gasteiger partial charge is 0.407 e. The fourth-order valence-electron chi connectivity index (χ4n) is 8.23. The Kier molecular flexibility index (Phi) is 12.4. The number of carbonyl (C=O) groups excluding carboxylic acids is 3. The number of methoxy groups -OCH3 is 1. The van der Waals surface area contributed by atoms with Crippen LogP contribution in [-0.4, -0.2) is 93.4 Å². The van der Waals surface area contributed by atoms with Crippen molar-refractivity contribution in [2.75, 3.05) is 27.3 Å². The third-order valence-corrected chi connectivity index (χ3v) is 11.4. The van der Waals surface area contributed by atoms with Crippen molar-refractivity contribution in [1.29, 1.82) is 0 Å². The molecule has 4 heterocycles. The van der Waals surface area contributed by atoms with Gasteiger partial charge in [0.1, 0.15) is 23.7 Å². The zero-order chi connectivity index (χ0) is 40.9. The Balaban J connectivity index is 0.989. The number of imidazole rings is 2. The highest BCUT2D eigenvalue weighted by atomic mass is 17.2. The molecule has 14 nitrogen and oxygen atoms in total. The number of benzene rings is 3. The maximum Gasteiger partial charge on any atom is 0.407 e. The molecule has 2 aliphatic rings. The predicted molar refractivity (Wildman–Crippen MR) is 222 cm³/mol. The van der Waals surface area contributed by atoms with Crippen molar-refractivity contribution in [1.82, 2.24) is 35.1 Å². The van der Waals surface area contributed by atoms with Crippen molar-refractivity contribution in [2.24, 2.45) is 16.8 Å². The molecule has 2 aromatic heterocycles. The van der Waals surface area contributed by atoms with Crippen molar-refractivity contribution < 1.29 is 28.9 Å². The molecule has 0 saturated carbocycles. The Bertz CT molecular complexity index is 2260. The Morgan fingerprint density at radius 1 is 0.776 bits per heavy atom. The van der Waals surface area contributed by atoms with Crippen LogP contribution in [0.4, 0.5) is 4.79 Å². The van der Waals surface area contributed by atoms with Crippen molar-refractivity contribution in [2.45, 2.75) is 90.4 Å². The number of carbonyl (C=O) groups is 3. The fraction of sp³-hybridized carbons (Fsp3) is 0.455. The van der Waals surface area contributed by atoms with Gasteiger partial charge in [-0.3, -0.25) is 9.59 Å². The molecule has 3 aromatic carbocycles. The standard InChI is InChI=1S/C44H54N8O6/c1-26(2)38(45-25-58-57-6)42(53)51-21-7-9-36(51)41-47-33-20-18-31(24-35(33)49-41)30-16-13-28(14-17-30)11-12-29-15-19-32-34(23-29)48-40(46-32)37-10-8-22-52(37)43(54)39(27(3)4)50-44(55)56-5/h13-20,23-27,36-39H,7-12,21-22H2,1-6H3,(H,46,48)(H,47,49)(H,50,55)/b45-25-/t36-,37-,38?,39-/m0/s1. The number of likely N-dealkylation sites (tertiary alicyclic amines) is 2. The first-order chi connectivity index (χ1) is 28.0. The molecule has 0 aliphatic carbocycles. The summed E-state index contributed by atoms with van der Waals surface area (Å²) in [5, 5.41) is 2.71. The van der Waals surface area contributed by atoms with Crippen molar-refractivity contribution in [3.05, 3.63) is 83.4 Å². The first kappa shape index (κ1) is 40.4. The second-order valence-corrected chi connectivity index (χ2v) is 16.0. The number of alkyl carbamates (subject to hydrolysis) is 1. The highest BCUT2D eigenvalue weighted by molar-refractivity contribution is 5.87. The van der Waals surface area contributed by atoms with E-state index in [0.29, 0.717) is 13.1 Å². The molecule has 2 saturated heterocycles. The van der Waals surface area contributed by atoms with Gasteiger partial charge in [-0.1, -0.05) is 64.1 Å². The molecule has 3 N–H and O–H groups in total. The van der Waals surface area contributed by atoms with E-state index in [1.807, 2.05) is 37.5 Å². The minimum absolute atomic E-state index is 0.00610. The van der Waals surface area contributed by atoms with E-state index in [1.54, 1.807) is 0 Å². The zero-order valence-corrected chi connectivity index (χ0v) is 34.2. The number of hydrogen-bond donors (Lipinski definition) is 3. The van der Waals surface area contributed by atoms with Gasteiger partial charge < -0.3 is 34.7 Å². The summed E-state index contributed by atoms with van der Waals surface area (Å²) in [6.07, 6.45) is 5.70. The zero-order valence-electron chi connectivity index (χ0n) is 34.2. The molecule has 3 amide bonds. The van der Waals surface area contributed by atoms with Crippen molar-refractivity contribution in [3.63, 3.8) is 0 Å². The normalized spacial score (nSPS) is 18.2. The molecule has 58 heavy (non-hydrogen) atoms. The quantitative estimate of drug-likeness (QED) is 0.0459. The van der Waals surface area contributed by atoms with Crippen molar-refractivity contribution >= 4 is 46.4 Å². The van der Waals surface area contributed by atoms with Gasteiger partial charge in [0.25, 0.3) is 0 Å². The van der Waals surface area contributed by atoms with Crippen LogP contribution in [0, 0.1) is 11.8 Å². The summed E-state index contributed by atoms with van der Waals surface area (Å²) in [6.45, 7) is 9.04. The average molecular weight is 791 g/mol. The van der Waals surface area contributed by atoms with Gasteiger partial charge in [-0.2, -0.15) is 4.89 Å². The number of H-pyrrole nitrogens is 2. The minimum atomic E-state index is -0.674. The molecular formula is C44H54N8O6. The van der Waals surface area contributed by atoms with Crippen LogP contribution in [0.5, 0.6) is 0 Å². The lowest BCUT2D eigenvalue weighted by Crippen LogP contribution is -2.51. The fourth-order valence-corrected chi connectivity index (χ4v) is 8.23. The summed E-state index contributed by atoms with van der Waals surface area (Å²) < 4.78 is 4.77. The molecule has 2 aliphatic heterocycles. The van der Waals surface area contributed by atoms with Gasteiger partial charge in [0.15, 0.2) is 0 Å². The molecule has 1 unspecified atom stereocenters. The number of aromatic nitrogens is 4. The number of nitrogens with zero attached hydrogens (tertiary/aromatic N) is 5. The van der Waals surface area contributed by atoms with E-state index >= 15 is 0 Å². The lowest BCUT2D eigenvalue weighted by molar-refractivity contribution is -0.188. The second kappa shape index (κ2) is 17.8. The molecule has 0 bridgehead atoms. The van der Waals surface area contributed by atoms with Gasteiger partial charge in [0.05, 0.1) is 48.4 Å². The first-order valence-electron chi connectivity index (χ1n) is 20.3. The lowest BCUT2D eigenvalue weighted by Gasteiger charge is -2.29. The Morgan fingerprint density at radius 2 is 1.34 bits per heavy atom. The largest absolute Gasteiger partial charge is 0.453 e. The highest BCUT2D eigenvalue weighted by Gasteiger charge is 2.38. The molecule has 306 valence electrons. The topological polar surface area (TPSA) is 167 Å². The summed E-state index contributed by atoms with van der Waals surface area (Å²) in [6, 6.07) is 19.7. The lowest BCUT2D eigenvalue weighted by atomic mass is 10.00. The van der Waals surface area contributed by atoms with Gasteiger partial charge in [-0.05, 0) is 96.9 Å². The number of aryl methyl sites for hydroxylation is 2. The van der Waals surface area contributed by atoms with E-state index in [2.05, 4.69) is 85.8 Å². The predicted octanol–water partition coefficient (Wildman–Crippen LogP) is 7.23. The van der Waals surface area contributed by atoms with Crippen LogP contribution >= 0.6 is 0 Å². The van der Waals surface area contributed by atoms with Crippen LogP contribution in [0.1, 0.15) is 88.2 Å². The van der Waals surface area contributed by atoms with Crippen molar-refractivity contribution in [3.8, 4) is 11.1 Å². The van der Waals surface area contributed by atoms with Crippen LogP contribution in [0.15, 0.2) is 65.7 Å².